The van der Waals surface area contributed by atoms with Gasteiger partial charge >= 0.3 is 0 Å². The number of nitrogens with one attached hydrogen (secondary N) is 1. The molecule has 0 bridgehead atoms. The van der Waals surface area contributed by atoms with Gasteiger partial charge in [0.15, 0.2) is 0 Å². The minimum Gasteiger partial charge on any atom is -0.334 e. The highest BCUT2D eigenvalue weighted by atomic mass is 16.2. The van der Waals surface area contributed by atoms with Crippen molar-refractivity contribution in [2.75, 3.05) is 7.05 Å². The van der Waals surface area contributed by atoms with E-state index in [1.165, 1.54) is 28.3 Å². The zero-order chi connectivity index (χ0) is 14.1. The predicted octanol–water partition coefficient (Wildman–Crippen LogP) is -0.177. The summed E-state index contributed by atoms with van der Waals surface area (Å²) in [4.78, 5) is 26.0. The van der Waals surface area contributed by atoms with Crippen molar-refractivity contribution >= 4 is 11.7 Å². The SMILES string of the molecule is Cc1c(C(=O)N(C)Cc2ncn[nH]2)cnc2ncnn12. The van der Waals surface area contributed by atoms with Crippen LogP contribution in [0.5, 0.6) is 0 Å². The molecule has 3 heterocycles. The van der Waals surface area contributed by atoms with Gasteiger partial charge in [0.05, 0.1) is 17.8 Å². The lowest BCUT2D eigenvalue weighted by atomic mass is 10.2. The Bertz CT molecular complexity index is 747. The Balaban J connectivity index is 1.89. The highest BCUT2D eigenvalue weighted by Crippen LogP contribution is 2.11. The van der Waals surface area contributed by atoms with Crippen LogP contribution in [-0.4, -0.2) is 52.6 Å². The number of aromatic amines is 1. The fourth-order valence-electron chi connectivity index (χ4n) is 1.91. The quantitative estimate of drug-likeness (QED) is 0.709. The van der Waals surface area contributed by atoms with Gasteiger partial charge in [0.25, 0.3) is 11.7 Å². The molecule has 0 radical (unpaired) electrons. The van der Waals surface area contributed by atoms with Crippen LogP contribution in [0.25, 0.3) is 5.78 Å². The molecule has 9 heteroatoms. The molecule has 3 rings (SSSR count). The molecule has 3 aromatic heterocycles. The van der Waals surface area contributed by atoms with Crippen molar-refractivity contribution < 1.29 is 4.79 Å². The Hall–Kier alpha value is -2.84. The summed E-state index contributed by atoms with van der Waals surface area (Å²) in [6.45, 7) is 2.15. The van der Waals surface area contributed by atoms with Crippen molar-refractivity contribution in [2.45, 2.75) is 13.5 Å². The third-order valence-electron chi connectivity index (χ3n) is 2.98. The summed E-state index contributed by atoms with van der Waals surface area (Å²) in [5.41, 5.74) is 1.17. The number of carbonyl (C=O) groups is 1. The van der Waals surface area contributed by atoms with E-state index in [4.69, 9.17) is 0 Å². The summed E-state index contributed by atoms with van der Waals surface area (Å²) in [5, 5.41) is 10.5. The molecule has 0 atom stereocenters. The summed E-state index contributed by atoms with van der Waals surface area (Å²) in [5.74, 6) is 0.925. The van der Waals surface area contributed by atoms with Gasteiger partial charge in [-0.05, 0) is 6.92 Å². The summed E-state index contributed by atoms with van der Waals surface area (Å²) < 4.78 is 1.54. The van der Waals surface area contributed by atoms with Crippen molar-refractivity contribution in [1.29, 1.82) is 0 Å². The van der Waals surface area contributed by atoms with Crippen LogP contribution in [0, 0.1) is 6.92 Å². The molecule has 0 spiro atoms. The Morgan fingerprint density at radius 3 is 2.95 bits per heavy atom. The molecule has 0 aromatic carbocycles. The van der Waals surface area contributed by atoms with E-state index < -0.39 is 0 Å². The molecule has 9 nitrogen and oxygen atoms in total. The Morgan fingerprint density at radius 1 is 1.35 bits per heavy atom. The average Bonchev–Trinajstić information content (AvgIpc) is 3.09. The largest absolute Gasteiger partial charge is 0.334 e. The first kappa shape index (κ1) is 12.2. The Morgan fingerprint density at radius 2 is 2.20 bits per heavy atom. The number of hydrogen-bond acceptors (Lipinski definition) is 6. The first-order valence-electron chi connectivity index (χ1n) is 5.92. The minimum absolute atomic E-state index is 0.163. The lowest BCUT2D eigenvalue weighted by Crippen LogP contribution is -2.28. The van der Waals surface area contributed by atoms with Crippen LogP contribution in [0.15, 0.2) is 18.9 Å². The Kier molecular flexibility index (Phi) is 2.86. The summed E-state index contributed by atoms with van der Waals surface area (Å²) in [6.07, 6.45) is 4.32. The van der Waals surface area contributed by atoms with Gasteiger partial charge in [0.1, 0.15) is 18.5 Å². The van der Waals surface area contributed by atoms with E-state index in [0.29, 0.717) is 29.4 Å². The average molecular weight is 272 g/mol. The molecule has 0 aliphatic heterocycles. The fraction of sp³-hybridized carbons (Fsp3) is 0.273. The van der Waals surface area contributed by atoms with E-state index in [-0.39, 0.29) is 5.91 Å². The fourth-order valence-corrected chi connectivity index (χ4v) is 1.91. The smallest absolute Gasteiger partial charge is 0.257 e. The lowest BCUT2D eigenvalue weighted by molar-refractivity contribution is 0.0779. The number of fused-ring (bicyclic) bond motifs is 1. The molecule has 0 unspecified atom stereocenters. The molecule has 3 aromatic rings. The zero-order valence-corrected chi connectivity index (χ0v) is 11.0. The van der Waals surface area contributed by atoms with Crippen LogP contribution in [0.4, 0.5) is 0 Å². The maximum Gasteiger partial charge on any atom is 0.257 e. The maximum atomic E-state index is 12.4. The topological polar surface area (TPSA) is 105 Å². The lowest BCUT2D eigenvalue weighted by Gasteiger charge is -2.16. The molecule has 1 amide bonds. The van der Waals surface area contributed by atoms with Gasteiger partial charge in [-0.25, -0.2) is 14.5 Å². The second-order valence-corrected chi connectivity index (χ2v) is 4.32. The molecule has 0 fully saturated rings. The van der Waals surface area contributed by atoms with Crippen molar-refractivity contribution in [3.05, 3.63) is 35.9 Å². The number of hydrogen-bond donors (Lipinski definition) is 1. The van der Waals surface area contributed by atoms with Crippen molar-refractivity contribution in [1.82, 2.24) is 39.7 Å². The number of H-pyrrole nitrogens is 1. The Labute approximate surface area is 113 Å². The molecule has 0 aliphatic rings. The first-order valence-corrected chi connectivity index (χ1v) is 5.92. The number of aromatic nitrogens is 7. The second-order valence-electron chi connectivity index (χ2n) is 4.32. The monoisotopic (exact) mass is 272 g/mol. The van der Waals surface area contributed by atoms with Gasteiger partial charge in [0.2, 0.25) is 0 Å². The highest BCUT2D eigenvalue weighted by Gasteiger charge is 2.18. The summed E-state index contributed by atoms with van der Waals surface area (Å²) in [7, 11) is 1.69. The van der Waals surface area contributed by atoms with E-state index in [1.54, 1.807) is 14.0 Å². The van der Waals surface area contributed by atoms with Gasteiger partial charge in [0, 0.05) is 13.2 Å². The van der Waals surface area contributed by atoms with E-state index >= 15 is 0 Å². The van der Waals surface area contributed by atoms with Gasteiger partial charge in [-0.1, -0.05) is 0 Å². The maximum absolute atomic E-state index is 12.4. The summed E-state index contributed by atoms with van der Waals surface area (Å²) in [6, 6.07) is 0. The van der Waals surface area contributed by atoms with Gasteiger partial charge < -0.3 is 4.90 Å². The molecule has 0 saturated carbocycles. The van der Waals surface area contributed by atoms with Crippen LogP contribution in [-0.2, 0) is 6.54 Å². The molecule has 1 N–H and O–H groups in total. The van der Waals surface area contributed by atoms with Crippen LogP contribution in [0.3, 0.4) is 0 Å². The van der Waals surface area contributed by atoms with Crippen LogP contribution >= 0.6 is 0 Å². The third-order valence-corrected chi connectivity index (χ3v) is 2.98. The van der Waals surface area contributed by atoms with Gasteiger partial charge in [-0.15, -0.1) is 0 Å². The van der Waals surface area contributed by atoms with E-state index in [0.717, 1.165) is 0 Å². The standard InChI is InChI=1S/C11H12N8O/c1-7-8(3-12-11-14-6-16-19(7)11)10(20)18(2)4-9-13-5-15-17-9/h3,5-6H,4H2,1-2H3,(H,13,15,17). The molecular weight excluding hydrogens is 260 g/mol. The second kappa shape index (κ2) is 4.68. The van der Waals surface area contributed by atoms with Gasteiger partial charge in [-0.3, -0.25) is 9.89 Å². The predicted molar refractivity (Wildman–Crippen MR) is 67.7 cm³/mol. The molecule has 20 heavy (non-hydrogen) atoms. The number of amides is 1. The zero-order valence-electron chi connectivity index (χ0n) is 11.0. The number of carbonyl (C=O) groups excluding carboxylic acids is 1. The molecule has 0 aliphatic carbocycles. The van der Waals surface area contributed by atoms with Crippen LogP contribution < -0.4 is 0 Å². The van der Waals surface area contributed by atoms with E-state index in [2.05, 4.69) is 30.2 Å². The van der Waals surface area contributed by atoms with Gasteiger partial charge in [-0.2, -0.15) is 15.2 Å². The summed E-state index contributed by atoms with van der Waals surface area (Å²) >= 11 is 0. The number of rotatable bonds is 3. The van der Waals surface area contributed by atoms with E-state index in [1.807, 2.05) is 0 Å². The van der Waals surface area contributed by atoms with Crippen LogP contribution in [0.1, 0.15) is 21.9 Å². The van der Waals surface area contributed by atoms with Crippen molar-refractivity contribution in [3.63, 3.8) is 0 Å². The van der Waals surface area contributed by atoms with Crippen LogP contribution in [0.2, 0.25) is 0 Å². The third kappa shape index (κ3) is 1.98. The molecule has 0 saturated heterocycles. The number of aryl methyl sites for hydroxylation is 1. The minimum atomic E-state index is -0.163. The molecular formula is C11H12N8O. The molecule has 102 valence electrons. The van der Waals surface area contributed by atoms with Crippen molar-refractivity contribution in [2.24, 2.45) is 0 Å². The highest BCUT2D eigenvalue weighted by molar-refractivity contribution is 5.94. The van der Waals surface area contributed by atoms with E-state index in [9.17, 15) is 4.79 Å². The first-order chi connectivity index (χ1) is 9.66. The van der Waals surface area contributed by atoms with Crippen molar-refractivity contribution in [3.8, 4) is 0 Å². The number of nitrogens with zero attached hydrogens (tertiary/aromatic N) is 7. The normalized spacial score (nSPS) is 10.9.